The Kier molecular flexibility index (Phi) is 4.94. The van der Waals surface area contributed by atoms with Crippen molar-refractivity contribution in [2.75, 3.05) is 18.0 Å². The summed E-state index contributed by atoms with van der Waals surface area (Å²) in [6.07, 6.45) is 7.77. The Morgan fingerprint density at radius 1 is 1.30 bits per heavy atom. The molecule has 1 aromatic carbocycles. The predicted molar refractivity (Wildman–Crippen MR) is 87.8 cm³/mol. The van der Waals surface area contributed by atoms with Crippen molar-refractivity contribution in [1.82, 2.24) is 5.32 Å². The first-order valence-electron chi connectivity index (χ1n) is 8.13. The Morgan fingerprint density at radius 2 is 2.13 bits per heavy atom. The maximum Gasteiger partial charge on any atom is 0.244 e. The Hall–Kier alpha value is -2.32. The number of allylic oxidation sites excluding steroid dienone is 1. The van der Waals surface area contributed by atoms with Crippen LogP contribution in [0.4, 0.5) is 5.69 Å². The van der Waals surface area contributed by atoms with Crippen LogP contribution in [0.3, 0.4) is 0 Å². The standard InChI is InChI=1S/C18H21N3O2/c19-12-14-6-8-15(9-7-14)21-10-3-5-17(18(21)22)20-13-16-4-1-2-11-23-16/h2,6-9,11,16-17,20H,1,3-5,10,13H2/t16-,17-/m0/s1. The number of rotatable bonds is 4. The van der Waals surface area contributed by atoms with E-state index in [9.17, 15) is 4.79 Å². The highest BCUT2D eigenvalue weighted by Crippen LogP contribution is 2.22. The number of ether oxygens (including phenoxy) is 1. The number of amides is 1. The number of carbonyl (C=O) groups excluding carboxylic acids is 1. The zero-order valence-corrected chi connectivity index (χ0v) is 13.1. The van der Waals surface area contributed by atoms with Gasteiger partial charge in [0.2, 0.25) is 5.91 Å². The lowest BCUT2D eigenvalue weighted by atomic mass is 10.0. The van der Waals surface area contributed by atoms with E-state index in [2.05, 4.69) is 11.4 Å². The lowest BCUT2D eigenvalue weighted by molar-refractivity contribution is -0.121. The number of benzene rings is 1. The molecule has 1 amide bonds. The first kappa shape index (κ1) is 15.6. The van der Waals surface area contributed by atoms with Gasteiger partial charge in [0.05, 0.1) is 23.9 Å². The SMILES string of the molecule is N#Cc1ccc(N2CCC[C@H](NC[C@@H]3CCC=CO3)C2=O)cc1. The first-order chi connectivity index (χ1) is 11.3. The van der Waals surface area contributed by atoms with E-state index in [4.69, 9.17) is 10.00 Å². The van der Waals surface area contributed by atoms with Crippen LogP contribution in [0.2, 0.25) is 0 Å². The number of nitriles is 1. The number of nitrogens with zero attached hydrogens (tertiary/aromatic N) is 2. The van der Waals surface area contributed by atoms with E-state index < -0.39 is 0 Å². The molecule has 0 unspecified atom stereocenters. The van der Waals surface area contributed by atoms with Crippen LogP contribution >= 0.6 is 0 Å². The normalized spacial score (nSPS) is 24.1. The number of carbonyl (C=O) groups is 1. The summed E-state index contributed by atoms with van der Waals surface area (Å²) in [7, 11) is 0. The molecular weight excluding hydrogens is 290 g/mol. The van der Waals surface area contributed by atoms with Gasteiger partial charge in [0.1, 0.15) is 6.10 Å². The van der Waals surface area contributed by atoms with Crippen molar-refractivity contribution >= 4 is 11.6 Å². The third kappa shape index (κ3) is 3.72. The third-order valence-corrected chi connectivity index (χ3v) is 4.36. The predicted octanol–water partition coefficient (Wildman–Crippen LogP) is 2.34. The van der Waals surface area contributed by atoms with Crippen molar-refractivity contribution in [2.24, 2.45) is 0 Å². The lowest BCUT2D eigenvalue weighted by Crippen LogP contribution is -2.52. The zero-order chi connectivity index (χ0) is 16.1. The van der Waals surface area contributed by atoms with Crippen molar-refractivity contribution in [3.8, 4) is 6.07 Å². The summed E-state index contributed by atoms with van der Waals surface area (Å²) in [6.45, 7) is 1.42. The van der Waals surface area contributed by atoms with Gasteiger partial charge in [-0.25, -0.2) is 0 Å². The number of nitrogens with one attached hydrogen (secondary N) is 1. The molecule has 5 heteroatoms. The van der Waals surface area contributed by atoms with Crippen LogP contribution in [0.1, 0.15) is 31.2 Å². The molecule has 5 nitrogen and oxygen atoms in total. The van der Waals surface area contributed by atoms with Gasteiger partial charge < -0.3 is 15.0 Å². The highest BCUT2D eigenvalue weighted by Gasteiger charge is 2.30. The molecule has 2 aliphatic rings. The largest absolute Gasteiger partial charge is 0.497 e. The van der Waals surface area contributed by atoms with Crippen LogP contribution in [-0.4, -0.2) is 31.1 Å². The van der Waals surface area contributed by atoms with E-state index in [0.29, 0.717) is 12.1 Å². The summed E-state index contributed by atoms with van der Waals surface area (Å²) in [5, 5.41) is 12.2. The maximum atomic E-state index is 12.7. The van der Waals surface area contributed by atoms with Crippen LogP contribution in [0.25, 0.3) is 0 Å². The van der Waals surface area contributed by atoms with E-state index >= 15 is 0 Å². The van der Waals surface area contributed by atoms with Crippen molar-refractivity contribution in [2.45, 2.75) is 37.8 Å². The van der Waals surface area contributed by atoms with Crippen molar-refractivity contribution in [1.29, 1.82) is 5.26 Å². The van der Waals surface area contributed by atoms with E-state index in [1.54, 1.807) is 18.4 Å². The van der Waals surface area contributed by atoms with Crippen LogP contribution in [0, 0.1) is 11.3 Å². The fraction of sp³-hybridized carbons (Fsp3) is 0.444. The summed E-state index contributed by atoms with van der Waals surface area (Å²) in [6, 6.07) is 9.13. The molecule has 0 spiro atoms. The second kappa shape index (κ2) is 7.30. The Balaban J connectivity index is 1.61. The quantitative estimate of drug-likeness (QED) is 0.927. The van der Waals surface area contributed by atoms with Crippen molar-refractivity contribution in [3.05, 3.63) is 42.2 Å². The number of hydrogen-bond acceptors (Lipinski definition) is 4. The van der Waals surface area contributed by atoms with Crippen molar-refractivity contribution < 1.29 is 9.53 Å². The van der Waals surface area contributed by atoms with Gasteiger partial charge in [0, 0.05) is 18.8 Å². The molecule has 0 aliphatic carbocycles. The topological polar surface area (TPSA) is 65.4 Å². The molecule has 120 valence electrons. The van der Waals surface area contributed by atoms with Crippen LogP contribution < -0.4 is 10.2 Å². The summed E-state index contributed by atoms with van der Waals surface area (Å²) in [5.74, 6) is 0.104. The second-order valence-corrected chi connectivity index (χ2v) is 5.96. The molecule has 0 bridgehead atoms. The first-order valence-corrected chi connectivity index (χ1v) is 8.13. The van der Waals surface area contributed by atoms with Crippen LogP contribution in [0.5, 0.6) is 0 Å². The molecular formula is C18H21N3O2. The van der Waals surface area contributed by atoms with Gasteiger partial charge in [-0.2, -0.15) is 5.26 Å². The van der Waals surface area contributed by atoms with Gasteiger partial charge in [0.15, 0.2) is 0 Å². The highest BCUT2D eigenvalue weighted by atomic mass is 16.5. The monoisotopic (exact) mass is 311 g/mol. The summed E-state index contributed by atoms with van der Waals surface area (Å²) in [4.78, 5) is 14.5. The molecule has 1 aromatic rings. The molecule has 3 rings (SSSR count). The molecule has 0 radical (unpaired) electrons. The molecule has 0 aromatic heterocycles. The Labute approximate surface area is 136 Å². The third-order valence-electron chi connectivity index (χ3n) is 4.36. The van der Waals surface area contributed by atoms with Gasteiger partial charge in [-0.3, -0.25) is 4.79 Å². The maximum absolute atomic E-state index is 12.7. The summed E-state index contributed by atoms with van der Waals surface area (Å²) < 4.78 is 5.54. The van der Waals surface area contributed by atoms with Crippen LogP contribution in [0.15, 0.2) is 36.6 Å². The highest BCUT2D eigenvalue weighted by molar-refractivity contribution is 5.97. The molecule has 1 N–H and O–H groups in total. The Morgan fingerprint density at radius 3 is 2.83 bits per heavy atom. The summed E-state index contributed by atoms with van der Waals surface area (Å²) >= 11 is 0. The van der Waals surface area contributed by atoms with Gasteiger partial charge >= 0.3 is 0 Å². The molecule has 1 saturated heterocycles. The average Bonchev–Trinajstić information content (AvgIpc) is 2.62. The minimum atomic E-state index is -0.158. The molecule has 2 atom stereocenters. The minimum absolute atomic E-state index is 0.104. The number of hydrogen-bond donors (Lipinski definition) is 1. The average molecular weight is 311 g/mol. The van der Waals surface area contributed by atoms with E-state index in [0.717, 1.165) is 37.9 Å². The zero-order valence-electron chi connectivity index (χ0n) is 13.1. The van der Waals surface area contributed by atoms with Gasteiger partial charge in [-0.1, -0.05) is 0 Å². The molecule has 1 fully saturated rings. The fourth-order valence-corrected chi connectivity index (χ4v) is 3.05. The van der Waals surface area contributed by atoms with Crippen LogP contribution in [-0.2, 0) is 9.53 Å². The lowest BCUT2D eigenvalue weighted by Gasteiger charge is -2.33. The molecule has 2 aliphatic heterocycles. The van der Waals surface area contributed by atoms with Gasteiger partial charge in [-0.05, 0) is 56.0 Å². The van der Waals surface area contributed by atoms with Gasteiger partial charge in [-0.15, -0.1) is 0 Å². The minimum Gasteiger partial charge on any atom is -0.497 e. The summed E-state index contributed by atoms with van der Waals surface area (Å²) in [5.41, 5.74) is 1.47. The fourth-order valence-electron chi connectivity index (χ4n) is 3.05. The number of anilines is 1. The van der Waals surface area contributed by atoms with E-state index in [-0.39, 0.29) is 18.1 Å². The molecule has 2 heterocycles. The molecule has 23 heavy (non-hydrogen) atoms. The molecule has 0 saturated carbocycles. The van der Waals surface area contributed by atoms with E-state index in [1.807, 2.05) is 23.1 Å². The second-order valence-electron chi connectivity index (χ2n) is 5.96. The van der Waals surface area contributed by atoms with Crippen molar-refractivity contribution in [3.63, 3.8) is 0 Å². The van der Waals surface area contributed by atoms with Gasteiger partial charge in [0.25, 0.3) is 0 Å². The van der Waals surface area contributed by atoms with E-state index in [1.165, 1.54) is 0 Å². The number of piperidine rings is 1. The Bertz CT molecular complexity index is 618. The smallest absolute Gasteiger partial charge is 0.244 e.